The van der Waals surface area contributed by atoms with Gasteiger partial charge >= 0.3 is 0 Å². The zero-order chi connectivity index (χ0) is 9.95. The van der Waals surface area contributed by atoms with Crippen LogP contribution in [0.15, 0.2) is 0 Å². The first-order valence-electron chi connectivity index (χ1n) is 5.13. The molecule has 1 fully saturated rings. The van der Waals surface area contributed by atoms with Crippen molar-refractivity contribution in [2.24, 2.45) is 0 Å². The summed E-state index contributed by atoms with van der Waals surface area (Å²) in [6.07, 6.45) is 3.66. The van der Waals surface area contributed by atoms with Gasteiger partial charge in [0.25, 0.3) is 0 Å². The zero-order valence-electron chi connectivity index (χ0n) is 8.64. The first-order valence-corrected chi connectivity index (χ1v) is 5.13. The Morgan fingerprint density at radius 2 is 2.08 bits per heavy atom. The number of aliphatic hydroxyl groups is 2. The minimum absolute atomic E-state index is 0.482. The van der Waals surface area contributed by atoms with E-state index in [1.807, 2.05) is 13.8 Å². The Morgan fingerprint density at radius 3 is 2.46 bits per heavy atom. The molecule has 0 aromatic rings. The highest BCUT2D eigenvalue weighted by molar-refractivity contribution is 4.90. The van der Waals surface area contributed by atoms with E-state index < -0.39 is 11.2 Å². The Bertz CT molecular complexity index is 153. The van der Waals surface area contributed by atoms with E-state index in [1.165, 1.54) is 0 Å². The molecule has 0 aliphatic heterocycles. The van der Waals surface area contributed by atoms with Crippen LogP contribution in [0, 0.1) is 0 Å². The first kappa shape index (κ1) is 11.0. The summed E-state index contributed by atoms with van der Waals surface area (Å²) in [6, 6.07) is 0. The van der Waals surface area contributed by atoms with E-state index >= 15 is 0 Å². The van der Waals surface area contributed by atoms with Crippen LogP contribution in [-0.2, 0) is 0 Å². The van der Waals surface area contributed by atoms with Gasteiger partial charge in [-0.25, -0.2) is 0 Å². The van der Waals surface area contributed by atoms with Crippen molar-refractivity contribution in [3.63, 3.8) is 0 Å². The molecule has 1 aliphatic carbocycles. The Hall–Kier alpha value is -0.120. The van der Waals surface area contributed by atoms with E-state index in [-0.39, 0.29) is 0 Å². The number of nitrogens with one attached hydrogen (secondary N) is 1. The third-order valence-electron chi connectivity index (χ3n) is 3.01. The standard InChI is InChI=1S/C10H21NO2/c1-3-9(2,12)7-11-8-10(13)5-4-6-10/h11-13H,3-8H2,1-2H3. The fourth-order valence-corrected chi connectivity index (χ4v) is 1.45. The Morgan fingerprint density at radius 1 is 1.46 bits per heavy atom. The van der Waals surface area contributed by atoms with Gasteiger partial charge in [0.1, 0.15) is 0 Å². The van der Waals surface area contributed by atoms with Crippen molar-refractivity contribution in [1.29, 1.82) is 0 Å². The highest BCUT2D eigenvalue weighted by Gasteiger charge is 2.34. The van der Waals surface area contributed by atoms with Crippen LogP contribution in [0.1, 0.15) is 39.5 Å². The molecule has 0 amide bonds. The molecule has 3 N–H and O–H groups in total. The van der Waals surface area contributed by atoms with Crippen molar-refractivity contribution in [3.8, 4) is 0 Å². The summed E-state index contributed by atoms with van der Waals surface area (Å²) in [5.41, 5.74) is -1.12. The predicted molar refractivity (Wildman–Crippen MR) is 52.6 cm³/mol. The summed E-state index contributed by atoms with van der Waals surface area (Å²) in [6.45, 7) is 4.94. The van der Waals surface area contributed by atoms with Gasteiger partial charge in [-0.1, -0.05) is 6.92 Å². The largest absolute Gasteiger partial charge is 0.389 e. The van der Waals surface area contributed by atoms with Gasteiger partial charge in [-0.05, 0) is 32.6 Å². The van der Waals surface area contributed by atoms with Gasteiger partial charge in [-0.2, -0.15) is 0 Å². The second-order valence-corrected chi connectivity index (χ2v) is 4.53. The van der Waals surface area contributed by atoms with Crippen LogP contribution in [-0.4, -0.2) is 34.5 Å². The second kappa shape index (κ2) is 3.95. The van der Waals surface area contributed by atoms with Gasteiger partial charge in [-0.15, -0.1) is 0 Å². The molecular formula is C10H21NO2. The third kappa shape index (κ3) is 3.25. The van der Waals surface area contributed by atoms with Gasteiger partial charge < -0.3 is 15.5 Å². The van der Waals surface area contributed by atoms with Crippen LogP contribution in [0.5, 0.6) is 0 Å². The van der Waals surface area contributed by atoms with E-state index in [9.17, 15) is 10.2 Å². The van der Waals surface area contributed by atoms with Gasteiger partial charge in [0.05, 0.1) is 11.2 Å². The van der Waals surface area contributed by atoms with Crippen LogP contribution < -0.4 is 5.32 Å². The normalized spacial score (nSPS) is 24.9. The molecule has 1 unspecified atom stereocenters. The molecule has 13 heavy (non-hydrogen) atoms. The first-order chi connectivity index (χ1) is 5.97. The average Bonchev–Trinajstić information content (AvgIpc) is 2.01. The van der Waals surface area contributed by atoms with Crippen molar-refractivity contribution < 1.29 is 10.2 Å². The van der Waals surface area contributed by atoms with Crippen molar-refractivity contribution in [2.75, 3.05) is 13.1 Å². The summed E-state index contributed by atoms with van der Waals surface area (Å²) in [7, 11) is 0. The summed E-state index contributed by atoms with van der Waals surface area (Å²) in [5, 5.41) is 22.5. The summed E-state index contributed by atoms with van der Waals surface area (Å²) < 4.78 is 0. The molecule has 0 spiro atoms. The van der Waals surface area contributed by atoms with Crippen LogP contribution in [0.3, 0.4) is 0 Å². The lowest BCUT2D eigenvalue weighted by atomic mass is 9.80. The average molecular weight is 187 g/mol. The quantitative estimate of drug-likeness (QED) is 0.592. The van der Waals surface area contributed by atoms with E-state index in [0.717, 1.165) is 25.7 Å². The van der Waals surface area contributed by atoms with Crippen molar-refractivity contribution in [1.82, 2.24) is 5.32 Å². The maximum absolute atomic E-state index is 9.74. The molecular weight excluding hydrogens is 166 g/mol. The highest BCUT2D eigenvalue weighted by atomic mass is 16.3. The Balaban J connectivity index is 2.13. The summed E-state index contributed by atoms with van der Waals surface area (Å²) in [4.78, 5) is 0. The molecule has 1 aliphatic rings. The minimum atomic E-state index is -0.639. The highest BCUT2D eigenvalue weighted by Crippen LogP contribution is 2.30. The van der Waals surface area contributed by atoms with Crippen LogP contribution in [0.2, 0.25) is 0 Å². The lowest BCUT2D eigenvalue weighted by Crippen LogP contribution is -2.49. The number of hydrogen-bond donors (Lipinski definition) is 3. The molecule has 0 bridgehead atoms. The van der Waals surface area contributed by atoms with Gasteiger partial charge in [-0.3, -0.25) is 0 Å². The minimum Gasteiger partial charge on any atom is -0.389 e. The van der Waals surface area contributed by atoms with Gasteiger partial charge in [0.15, 0.2) is 0 Å². The molecule has 0 aromatic carbocycles. The van der Waals surface area contributed by atoms with Crippen molar-refractivity contribution in [3.05, 3.63) is 0 Å². The predicted octanol–water partition coefficient (Wildman–Crippen LogP) is 0.652. The summed E-state index contributed by atoms with van der Waals surface area (Å²) in [5.74, 6) is 0. The fourth-order valence-electron chi connectivity index (χ4n) is 1.45. The zero-order valence-corrected chi connectivity index (χ0v) is 8.64. The molecule has 1 saturated carbocycles. The number of hydrogen-bond acceptors (Lipinski definition) is 3. The molecule has 1 atom stereocenters. The molecule has 78 valence electrons. The Kier molecular flexibility index (Phi) is 3.33. The molecule has 0 radical (unpaired) electrons. The van der Waals surface area contributed by atoms with Crippen LogP contribution in [0.4, 0.5) is 0 Å². The van der Waals surface area contributed by atoms with Crippen LogP contribution in [0.25, 0.3) is 0 Å². The smallest absolute Gasteiger partial charge is 0.0771 e. The monoisotopic (exact) mass is 187 g/mol. The molecule has 3 nitrogen and oxygen atoms in total. The topological polar surface area (TPSA) is 52.5 Å². The lowest BCUT2D eigenvalue weighted by molar-refractivity contribution is -0.0365. The second-order valence-electron chi connectivity index (χ2n) is 4.53. The maximum Gasteiger partial charge on any atom is 0.0771 e. The van der Waals surface area contributed by atoms with E-state index in [4.69, 9.17) is 0 Å². The van der Waals surface area contributed by atoms with E-state index in [0.29, 0.717) is 13.1 Å². The van der Waals surface area contributed by atoms with Crippen molar-refractivity contribution >= 4 is 0 Å². The molecule has 0 aromatic heterocycles. The van der Waals surface area contributed by atoms with Crippen molar-refractivity contribution in [2.45, 2.75) is 50.7 Å². The van der Waals surface area contributed by atoms with E-state index in [2.05, 4.69) is 5.32 Å². The third-order valence-corrected chi connectivity index (χ3v) is 3.01. The SMILES string of the molecule is CCC(C)(O)CNCC1(O)CCC1. The lowest BCUT2D eigenvalue weighted by Gasteiger charge is -2.37. The molecule has 3 heteroatoms. The van der Waals surface area contributed by atoms with E-state index in [1.54, 1.807) is 0 Å². The van der Waals surface area contributed by atoms with Gasteiger partial charge in [0.2, 0.25) is 0 Å². The molecule has 1 rings (SSSR count). The molecule has 0 saturated heterocycles. The summed E-state index contributed by atoms with van der Waals surface area (Å²) >= 11 is 0. The Labute approximate surface area is 80.2 Å². The van der Waals surface area contributed by atoms with Crippen LogP contribution >= 0.6 is 0 Å². The maximum atomic E-state index is 9.74. The fraction of sp³-hybridized carbons (Fsp3) is 1.00. The number of rotatable bonds is 5. The van der Waals surface area contributed by atoms with Gasteiger partial charge in [0, 0.05) is 13.1 Å². The molecule has 0 heterocycles.